The lowest BCUT2D eigenvalue weighted by molar-refractivity contribution is -0.229. The van der Waals surface area contributed by atoms with Crippen LogP contribution in [0.1, 0.15) is 19.3 Å². The molecule has 2 aliphatic heterocycles. The fraction of sp³-hybridized carbons (Fsp3) is 1.00. The molecule has 3 aliphatic rings. The molecule has 2 unspecified atom stereocenters. The van der Waals surface area contributed by atoms with Crippen LogP contribution in [0.3, 0.4) is 0 Å². The predicted molar refractivity (Wildman–Crippen MR) is 55.9 cm³/mol. The van der Waals surface area contributed by atoms with E-state index in [9.17, 15) is 0 Å². The smallest absolute Gasteiger partial charge is 0.171 e. The minimum absolute atomic E-state index is 0.0424. The SMILES string of the molecule is NC1CCC2(CC1OC1COC1)OCCO2. The highest BCUT2D eigenvalue weighted by Gasteiger charge is 2.45. The van der Waals surface area contributed by atoms with Crippen molar-refractivity contribution in [2.24, 2.45) is 5.73 Å². The molecule has 1 saturated carbocycles. The van der Waals surface area contributed by atoms with Gasteiger partial charge in [-0.25, -0.2) is 0 Å². The van der Waals surface area contributed by atoms with Crippen LogP contribution < -0.4 is 5.73 Å². The topological polar surface area (TPSA) is 62.9 Å². The summed E-state index contributed by atoms with van der Waals surface area (Å²) in [5, 5.41) is 0. The molecular formula is C11H19NO4. The molecule has 0 aromatic rings. The largest absolute Gasteiger partial charge is 0.376 e. The molecule has 0 bridgehead atoms. The minimum Gasteiger partial charge on any atom is -0.376 e. The van der Waals surface area contributed by atoms with Gasteiger partial charge in [-0.2, -0.15) is 0 Å². The van der Waals surface area contributed by atoms with Crippen LogP contribution in [0.15, 0.2) is 0 Å². The van der Waals surface area contributed by atoms with E-state index in [1.54, 1.807) is 0 Å². The zero-order valence-electron chi connectivity index (χ0n) is 9.39. The van der Waals surface area contributed by atoms with Crippen LogP contribution >= 0.6 is 0 Å². The molecule has 3 fully saturated rings. The molecular weight excluding hydrogens is 210 g/mol. The monoisotopic (exact) mass is 229 g/mol. The van der Waals surface area contributed by atoms with Gasteiger partial charge in [-0.1, -0.05) is 0 Å². The molecule has 0 aromatic heterocycles. The summed E-state index contributed by atoms with van der Waals surface area (Å²) in [5.74, 6) is -0.412. The fourth-order valence-corrected chi connectivity index (χ4v) is 2.58. The lowest BCUT2D eigenvalue weighted by Gasteiger charge is -2.42. The molecule has 0 amide bonds. The van der Waals surface area contributed by atoms with Gasteiger partial charge in [-0.3, -0.25) is 0 Å². The Morgan fingerprint density at radius 3 is 2.56 bits per heavy atom. The van der Waals surface area contributed by atoms with Gasteiger partial charge in [-0.05, 0) is 6.42 Å². The summed E-state index contributed by atoms with van der Waals surface area (Å²) < 4.78 is 22.4. The van der Waals surface area contributed by atoms with Crippen LogP contribution in [-0.4, -0.2) is 50.5 Å². The van der Waals surface area contributed by atoms with Crippen molar-refractivity contribution in [1.82, 2.24) is 0 Å². The highest BCUT2D eigenvalue weighted by atomic mass is 16.7. The van der Waals surface area contributed by atoms with Gasteiger partial charge in [0.15, 0.2) is 5.79 Å². The first-order valence-corrected chi connectivity index (χ1v) is 6.04. The van der Waals surface area contributed by atoms with E-state index >= 15 is 0 Å². The van der Waals surface area contributed by atoms with Gasteiger partial charge in [0.25, 0.3) is 0 Å². The lowest BCUT2D eigenvalue weighted by atomic mass is 9.88. The van der Waals surface area contributed by atoms with Crippen LogP contribution in [0.4, 0.5) is 0 Å². The molecule has 1 aliphatic carbocycles. The number of hydrogen-bond donors (Lipinski definition) is 1. The van der Waals surface area contributed by atoms with Crippen molar-refractivity contribution in [3.63, 3.8) is 0 Å². The van der Waals surface area contributed by atoms with E-state index in [0.717, 1.165) is 19.3 Å². The molecule has 2 heterocycles. The van der Waals surface area contributed by atoms with Gasteiger partial charge >= 0.3 is 0 Å². The zero-order valence-corrected chi connectivity index (χ0v) is 9.39. The van der Waals surface area contributed by atoms with Crippen molar-refractivity contribution in [3.05, 3.63) is 0 Å². The summed E-state index contributed by atoms with van der Waals surface area (Å²) in [7, 11) is 0. The third-order valence-electron chi connectivity index (χ3n) is 3.64. The average molecular weight is 229 g/mol. The quantitative estimate of drug-likeness (QED) is 0.723. The number of hydrogen-bond acceptors (Lipinski definition) is 5. The summed E-state index contributed by atoms with van der Waals surface area (Å²) in [4.78, 5) is 0. The first-order chi connectivity index (χ1) is 7.77. The molecule has 92 valence electrons. The van der Waals surface area contributed by atoms with E-state index < -0.39 is 5.79 Å². The highest BCUT2D eigenvalue weighted by Crippen LogP contribution is 2.37. The third-order valence-corrected chi connectivity index (χ3v) is 3.64. The van der Waals surface area contributed by atoms with E-state index in [0.29, 0.717) is 26.4 Å². The van der Waals surface area contributed by atoms with Gasteiger partial charge in [0.05, 0.1) is 32.5 Å². The normalized spacial score (nSPS) is 38.8. The summed E-state index contributed by atoms with van der Waals surface area (Å²) in [6.45, 7) is 2.76. The summed E-state index contributed by atoms with van der Waals surface area (Å²) in [6.07, 6.45) is 2.80. The Balaban J connectivity index is 1.61. The van der Waals surface area contributed by atoms with E-state index in [1.165, 1.54) is 0 Å². The zero-order chi connectivity index (χ0) is 11.0. The maximum atomic E-state index is 6.08. The fourth-order valence-electron chi connectivity index (χ4n) is 2.58. The molecule has 16 heavy (non-hydrogen) atoms. The van der Waals surface area contributed by atoms with Gasteiger partial charge < -0.3 is 24.7 Å². The Kier molecular flexibility index (Phi) is 2.89. The summed E-state index contributed by atoms with van der Waals surface area (Å²) in [6, 6.07) is 0.0963. The Bertz CT molecular complexity index is 250. The van der Waals surface area contributed by atoms with E-state index in [1.807, 2.05) is 0 Å². The lowest BCUT2D eigenvalue weighted by Crippen LogP contribution is -2.53. The average Bonchev–Trinajstić information content (AvgIpc) is 2.66. The maximum Gasteiger partial charge on any atom is 0.171 e. The van der Waals surface area contributed by atoms with Crippen molar-refractivity contribution >= 4 is 0 Å². The van der Waals surface area contributed by atoms with Gasteiger partial charge in [0.1, 0.15) is 6.10 Å². The number of ether oxygens (including phenoxy) is 4. The number of rotatable bonds is 2. The second-order valence-corrected chi connectivity index (χ2v) is 4.85. The Hall–Kier alpha value is -0.200. The molecule has 3 rings (SSSR count). The van der Waals surface area contributed by atoms with Crippen molar-refractivity contribution in [2.75, 3.05) is 26.4 Å². The van der Waals surface area contributed by atoms with Crippen molar-refractivity contribution < 1.29 is 18.9 Å². The van der Waals surface area contributed by atoms with Crippen molar-refractivity contribution in [2.45, 2.75) is 43.3 Å². The molecule has 2 atom stereocenters. The van der Waals surface area contributed by atoms with Crippen molar-refractivity contribution in [3.8, 4) is 0 Å². The Labute approximate surface area is 95.2 Å². The minimum atomic E-state index is -0.412. The van der Waals surface area contributed by atoms with E-state index in [2.05, 4.69) is 0 Å². The van der Waals surface area contributed by atoms with Gasteiger partial charge in [0, 0.05) is 18.9 Å². The molecule has 5 nitrogen and oxygen atoms in total. The predicted octanol–water partition coefficient (Wildman–Crippen LogP) is 0.0247. The summed E-state index contributed by atoms with van der Waals surface area (Å²) in [5.41, 5.74) is 6.08. The van der Waals surface area contributed by atoms with Crippen molar-refractivity contribution in [1.29, 1.82) is 0 Å². The van der Waals surface area contributed by atoms with Crippen LogP contribution in [0.5, 0.6) is 0 Å². The van der Waals surface area contributed by atoms with Gasteiger partial charge in [-0.15, -0.1) is 0 Å². The first kappa shape index (κ1) is 10.9. The Morgan fingerprint density at radius 1 is 1.19 bits per heavy atom. The number of nitrogens with two attached hydrogens (primary N) is 1. The van der Waals surface area contributed by atoms with E-state index in [4.69, 9.17) is 24.7 Å². The summed E-state index contributed by atoms with van der Waals surface area (Å²) >= 11 is 0. The maximum absolute atomic E-state index is 6.08. The van der Waals surface area contributed by atoms with Crippen LogP contribution in [0, 0.1) is 0 Å². The van der Waals surface area contributed by atoms with Crippen LogP contribution in [0.2, 0.25) is 0 Å². The standard InChI is InChI=1S/C11H19NO4/c12-9-1-2-11(14-3-4-15-11)5-10(9)16-8-6-13-7-8/h8-10H,1-7,12H2. The molecule has 2 N–H and O–H groups in total. The first-order valence-electron chi connectivity index (χ1n) is 6.04. The third kappa shape index (κ3) is 1.98. The second-order valence-electron chi connectivity index (χ2n) is 4.85. The van der Waals surface area contributed by atoms with Gasteiger partial charge in [0.2, 0.25) is 0 Å². The molecule has 1 spiro atoms. The van der Waals surface area contributed by atoms with E-state index in [-0.39, 0.29) is 18.2 Å². The van der Waals surface area contributed by atoms with Crippen LogP contribution in [-0.2, 0) is 18.9 Å². The van der Waals surface area contributed by atoms with Crippen LogP contribution in [0.25, 0.3) is 0 Å². The second kappa shape index (κ2) is 4.23. The molecule has 0 radical (unpaired) electrons. The molecule has 5 heteroatoms. The highest BCUT2D eigenvalue weighted by molar-refractivity contribution is 4.91. The molecule has 0 aromatic carbocycles. The molecule has 2 saturated heterocycles. The Morgan fingerprint density at radius 2 is 1.94 bits per heavy atom.